The Bertz CT molecular complexity index is 1210. The van der Waals surface area contributed by atoms with Gasteiger partial charge in [0.05, 0.1) is 5.02 Å². The number of hydrogen-bond donors (Lipinski definition) is 2. The number of ether oxygens (including phenoxy) is 1. The predicted molar refractivity (Wildman–Crippen MR) is 146 cm³/mol. The molecule has 0 amide bonds. The lowest BCUT2D eigenvalue weighted by molar-refractivity contribution is 0.129. The molecule has 37 heavy (non-hydrogen) atoms. The Kier molecular flexibility index (Phi) is 8.84. The molecule has 0 spiro atoms. The van der Waals surface area contributed by atoms with Crippen LogP contribution < -0.4 is 16.2 Å². The van der Waals surface area contributed by atoms with Crippen LogP contribution in [0.15, 0.2) is 18.2 Å². The number of aromatic nitrogens is 4. The van der Waals surface area contributed by atoms with Crippen LogP contribution in [0.3, 0.4) is 0 Å². The summed E-state index contributed by atoms with van der Waals surface area (Å²) in [7, 11) is 1.93. The van der Waals surface area contributed by atoms with Crippen molar-refractivity contribution in [2.24, 2.45) is 18.8 Å². The molecule has 2 unspecified atom stereocenters. The first-order chi connectivity index (χ1) is 17.7. The number of hydrazine groups is 1. The quantitative estimate of drug-likeness (QED) is 0.367. The Balaban J connectivity index is 0.000000572. The average molecular weight is 533 g/mol. The maximum Gasteiger partial charge on any atom is 0.241 e. The lowest BCUT2D eigenvalue weighted by Gasteiger charge is -2.45. The van der Waals surface area contributed by atoms with E-state index in [-0.39, 0.29) is 22.9 Å². The SMILES string of the molecule is C1CCOC1.Cc1nc2c(N3CCN(C(c4ccc(Cl)c(F)c4)C(C)C)CC3C)nc(NN)nc2n1C. The molecule has 202 valence electrons. The van der Waals surface area contributed by atoms with Crippen molar-refractivity contribution < 1.29 is 9.13 Å². The molecule has 2 aliphatic rings. The van der Waals surface area contributed by atoms with Gasteiger partial charge in [0.2, 0.25) is 5.95 Å². The number of anilines is 2. The maximum absolute atomic E-state index is 14.2. The van der Waals surface area contributed by atoms with Crippen molar-refractivity contribution in [1.82, 2.24) is 24.4 Å². The molecular formula is C26H38ClFN8O. The van der Waals surface area contributed by atoms with E-state index in [2.05, 4.69) is 46.0 Å². The summed E-state index contributed by atoms with van der Waals surface area (Å²) in [5.41, 5.74) is 5.03. The van der Waals surface area contributed by atoms with E-state index in [0.717, 1.165) is 61.2 Å². The van der Waals surface area contributed by atoms with Gasteiger partial charge in [-0.05, 0) is 50.3 Å². The van der Waals surface area contributed by atoms with Gasteiger partial charge in [-0.1, -0.05) is 31.5 Å². The summed E-state index contributed by atoms with van der Waals surface area (Å²) in [6.07, 6.45) is 2.56. The summed E-state index contributed by atoms with van der Waals surface area (Å²) in [5, 5.41) is 0.150. The fourth-order valence-corrected chi connectivity index (χ4v) is 5.31. The Morgan fingerprint density at radius 2 is 1.89 bits per heavy atom. The van der Waals surface area contributed by atoms with Crippen LogP contribution in [0.4, 0.5) is 16.2 Å². The highest BCUT2D eigenvalue weighted by molar-refractivity contribution is 6.30. The topological polar surface area (TPSA) is 97.4 Å². The Morgan fingerprint density at radius 3 is 2.46 bits per heavy atom. The molecule has 4 heterocycles. The molecule has 1 aromatic carbocycles. The second kappa shape index (κ2) is 11.9. The van der Waals surface area contributed by atoms with Gasteiger partial charge in [0.25, 0.3) is 0 Å². The first-order valence-corrected chi connectivity index (χ1v) is 13.3. The summed E-state index contributed by atoms with van der Waals surface area (Å²) in [4.78, 5) is 18.5. The van der Waals surface area contributed by atoms with E-state index in [1.165, 1.54) is 12.8 Å². The van der Waals surface area contributed by atoms with Crippen LogP contribution in [0, 0.1) is 18.7 Å². The summed E-state index contributed by atoms with van der Waals surface area (Å²) in [6, 6.07) is 5.39. The molecule has 2 fully saturated rings. The number of halogens is 2. The fourth-order valence-electron chi connectivity index (χ4n) is 5.20. The minimum absolute atomic E-state index is 0.0927. The third-order valence-electron chi connectivity index (χ3n) is 7.12. The molecule has 0 aliphatic carbocycles. The molecule has 11 heteroatoms. The summed E-state index contributed by atoms with van der Waals surface area (Å²) in [6.45, 7) is 12.8. The normalized spacial score (nSPS) is 19.3. The van der Waals surface area contributed by atoms with Crippen molar-refractivity contribution in [2.45, 2.75) is 52.6 Å². The number of nitrogens with zero attached hydrogens (tertiary/aromatic N) is 6. The highest BCUT2D eigenvalue weighted by Crippen LogP contribution is 2.34. The molecule has 9 nitrogen and oxygen atoms in total. The van der Waals surface area contributed by atoms with E-state index in [9.17, 15) is 4.39 Å². The molecule has 2 aromatic heterocycles. The molecule has 3 aromatic rings. The van der Waals surface area contributed by atoms with Crippen LogP contribution in [0.25, 0.3) is 11.2 Å². The minimum atomic E-state index is -0.378. The predicted octanol–water partition coefficient (Wildman–Crippen LogP) is 4.45. The van der Waals surface area contributed by atoms with E-state index in [0.29, 0.717) is 11.9 Å². The number of benzene rings is 1. The zero-order valence-corrected chi connectivity index (χ0v) is 23.1. The molecule has 2 atom stereocenters. The van der Waals surface area contributed by atoms with Gasteiger partial charge in [-0.25, -0.2) is 15.2 Å². The number of nitrogen functional groups attached to an aromatic ring is 1. The number of fused-ring (bicyclic) bond motifs is 1. The first-order valence-electron chi connectivity index (χ1n) is 12.9. The Morgan fingerprint density at radius 1 is 1.16 bits per heavy atom. The van der Waals surface area contributed by atoms with Gasteiger partial charge >= 0.3 is 0 Å². The molecule has 2 saturated heterocycles. The summed E-state index contributed by atoms with van der Waals surface area (Å²) < 4.78 is 21.1. The second-order valence-electron chi connectivity index (χ2n) is 10.1. The van der Waals surface area contributed by atoms with Crippen molar-refractivity contribution in [1.29, 1.82) is 0 Å². The third kappa shape index (κ3) is 5.98. The molecule has 0 radical (unpaired) electrons. The van der Waals surface area contributed by atoms with Gasteiger partial charge in [0, 0.05) is 52.0 Å². The van der Waals surface area contributed by atoms with Crippen molar-refractivity contribution in [3.05, 3.63) is 40.4 Å². The van der Waals surface area contributed by atoms with E-state index in [1.807, 2.05) is 24.6 Å². The van der Waals surface area contributed by atoms with Gasteiger partial charge in [0.15, 0.2) is 17.0 Å². The summed E-state index contributed by atoms with van der Waals surface area (Å²) in [5.74, 6) is 7.58. The van der Waals surface area contributed by atoms with Crippen LogP contribution in [0.5, 0.6) is 0 Å². The van der Waals surface area contributed by atoms with Crippen molar-refractivity contribution in [3.63, 3.8) is 0 Å². The average Bonchev–Trinajstić information content (AvgIpc) is 3.54. The van der Waals surface area contributed by atoms with Gasteiger partial charge in [-0.3, -0.25) is 10.3 Å². The number of aryl methyl sites for hydroxylation is 2. The van der Waals surface area contributed by atoms with Gasteiger partial charge in [-0.15, -0.1) is 0 Å². The van der Waals surface area contributed by atoms with E-state index in [4.69, 9.17) is 27.2 Å². The van der Waals surface area contributed by atoms with Crippen LogP contribution in [0.2, 0.25) is 5.02 Å². The summed E-state index contributed by atoms with van der Waals surface area (Å²) >= 11 is 5.92. The van der Waals surface area contributed by atoms with Crippen molar-refractivity contribution in [2.75, 3.05) is 43.2 Å². The van der Waals surface area contributed by atoms with Crippen LogP contribution in [-0.4, -0.2) is 63.3 Å². The zero-order valence-electron chi connectivity index (χ0n) is 22.3. The largest absolute Gasteiger partial charge is 0.381 e. The monoisotopic (exact) mass is 532 g/mol. The molecular weight excluding hydrogens is 495 g/mol. The number of rotatable bonds is 5. The van der Waals surface area contributed by atoms with Gasteiger partial charge < -0.3 is 14.2 Å². The van der Waals surface area contributed by atoms with E-state index in [1.54, 1.807) is 12.1 Å². The lowest BCUT2D eigenvalue weighted by atomic mass is 9.93. The highest BCUT2D eigenvalue weighted by atomic mass is 35.5. The van der Waals surface area contributed by atoms with Crippen LogP contribution in [-0.2, 0) is 11.8 Å². The van der Waals surface area contributed by atoms with Crippen LogP contribution in [0.1, 0.15) is 51.0 Å². The number of hydrogen-bond acceptors (Lipinski definition) is 8. The van der Waals surface area contributed by atoms with E-state index < -0.39 is 0 Å². The highest BCUT2D eigenvalue weighted by Gasteiger charge is 2.33. The number of piperazine rings is 1. The standard InChI is InChI=1S/C22H30ClFN8.C4H8O/c1-12(2)19(15-6-7-16(23)17(24)10-15)31-8-9-32(13(3)11-31)21-18-20(27-22(28-21)29-25)30(5)14(4)26-18;1-2-4-5-3-1/h6-7,10,12-13,19H,8-9,11,25H2,1-5H3,(H,27,28,29);1-4H2. The Hall–Kier alpha value is -2.53. The number of nitrogens with two attached hydrogens (primary N) is 1. The molecule has 5 rings (SSSR count). The maximum atomic E-state index is 14.2. The molecule has 0 saturated carbocycles. The lowest BCUT2D eigenvalue weighted by Crippen LogP contribution is -2.54. The minimum Gasteiger partial charge on any atom is -0.381 e. The Labute approximate surface area is 223 Å². The fraction of sp³-hybridized carbons (Fsp3) is 0.577. The van der Waals surface area contributed by atoms with Gasteiger partial charge in [0.1, 0.15) is 11.6 Å². The van der Waals surface area contributed by atoms with E-state index >= 15 is 0 Å². The van der Waals surface area contributed by atoms with Crippen LogP contribution >= 0.6 is 11.6 Å². The number of imidazole rings is 1. The van der Waals surface area contributed by atoms with Gasteiger partial charge in [-0.2, -0.15) is 9.97 Å². The first kappa shape index (κ1) is 27.5. The third-order valence-corrected chi connectivity index (χ3v) is 7.43. The number of nitrogens with one attached hydrogen (secondary N) is 1. The molecule has 0 bridgehead atoms. The molecule has 2 aliphatic heterocycles. The second-order valence-corrected chi connectivity index (χ2v) is 10.5. The van der Waals surface area contributed by atoms with Crippen molar-refractivity contribution >= 4 is 34.5 Å². The smallest absolute Gasteiger partial charge is 0.241 e. The zero-order chi connectivity index (χ0) is 26.7. The van der Waals surface area contributed by atoms with Crippen molar-refractivity contribution in [3.8, 4) is 0 Å². The molecule has 3 N–H and O–H groups in total.